The normalized spacial score (nSPS) is 16.1. The van der Waals surface area contributed by atoms with Crippen molar-refractivity contribution >= 4 is 5.91 Å². The number of rotatable bonds is 4. The monoisotopic (exact) mass is 285 g/mol. The number of fused-ring (bicyclic) bond motifs is 1. The molecule has 21 heavy (non-hydrogen) atoms. The Kier molecular flexibility index (Phi) is 3.68. The van der Waals surface area contributed by atoms with Crippen molar-refractivity contribution in [2.45, 2.75) is 12.3 Å². The lowest BCUT2D eigenvalue weighted by Gasteiger charge is -2.10. The maximum atomic E-state index is 12.2. The summed E-state index contributed by atoms with van der Waals surface area (Å²) in [5.41, 5.74) is 1.43. The van der Waals surface area contributed by atoms with Gasteiger partial charge in [0.1, 0.15) is 18.3 Å². The zero-order valence-corrected chi connectivity index (χ0v) is 11.3. The van der Waals surface area contributed by atoms with Gasteiger partial charge in [0.05, 0.1) is 0 Å². The van der Waals surface area contributed by atoms with Crippen molar-refractivity contribution in [1.29, 1.82) is 0 Å². The molecule has 1 atom stereocenters. The average Bonchev–Trinajstić information content (AvgIpc) is 2.93. The second kappa shape index (κ2) is 5.78. The molecule has 108 valence electrons. The first-order valence-corrected chi connectivity index (χ1v) is 6.77. The van der Waals surface area contributed by atoms with Gasteiger partial charge in [-0.1, -0.05) is 18.2 Å². The van der Waals surface area contributed by atoms with Crippen molar-refractivity contribution in [2.75, 3.05) is 13.2 Å². The SMILES string of the molecule is O=C(NCCc1cnc(=O)[nH]c1)C1COc2ccccc21. The molecule has 1 aromatic carbocycles. The summed E-state index contributed by atoms with van der Waals surface area (Å²) in [5.74, 6) is 0.481. The fourth-order valence-corrected chi connectivity index (χ4v) is 2.34. The summed E-state index contributed by atoms with van der Waals surface area (Å²) in [5, 5.41) is 2.89. The van der Waals surface area contributed by atoms with E-state index in [1.165, 1.54) is 6.20 Å². The fourth-order valence-electron chi connectivity index (χ4n) is 2.34. The molecule has 0 saturated heterocycles. The maximum Gasteiger partial charge on any atom is 0.344 e. The molecule has 2 heterocycles. The standard InChI is InChI=1S/C15H15N3O3/c19-14(12-9-21-13-4-2-1-3-11(12)13)16-6-5-10-7-17-15(20)18-8-10/h1-4,7-8,12H,5-6,9H2,(H,16,19)(H,17,18,20). The van der Waals surface area contributed by atoms with Crippen LogP contribution in [0, 0.1) is 0 Å². The number of carbonyl (C=O) groups excluding carboxylic acids is 1. The molecule has 1 aliphatic rings. The van der Waals surface area contributed by atoms with E-state index in [-0.39, 0.29) is 17.5 Å². The average molecular weight is 285 g/mol. The number of hydrogen-bond donors (Lipinski definition) is 2. The Morgan fingerprint density at radius 2 is 2.29 bits per heavy atom. The van der Waals surface area contributed by atoms with Crippen LogP contribution in [-0.4, -0.2) is 29.0 Å². The third-order valence-corrected chi connectivity index (χ3v) is 3.46. The minimum atomic E-state index is -0.373. The Bertz CT molecular complexity index is 691. The molecule has 2 N–H and O–H groups in total. The van der Waals surface area contributed by atoms with E-state index in [4.69, 9.17) is 4.74 Å². The van der Waals surface area contributed by atoms with Gasteiger partial charge in [0.15, 0.2) is 0 Å². The minimum absolute atomic E-state index is 0.0441. The van der Waals surface area contributed by atoms with Crippen molar-refractivity contribution in [3.05, 3.63) is 58.3 Å². The lowest BCUT2D eigenvalue weighted by Crippen LogP contribution is -2.31. The molecule has 1 aromatic heterocycles. The largest absolute Gasteiger partial charge is 0.492 e. The number of nitrogens with one attached hydrogen (secondary N) is 2. The second-order valence-electron chi connectivity index (χ2n) is 4.87. The number of carbonyl (C=O) groups is 1. The summed E-state index contributed by atoms with van der Waals surface area (Å²) in [6, 6.07) is 7.58. The molecule has 0 bridgehead atoms. The van der Waals surface area contributed by atoms with Gasteiger partial charge in [-0.25, -0.2) is 9.78 Å². The van der Waals surface area contributed by atoms with Gasteiger partial charge in [0.25, 0.3) is 0 Å². The van der Waals surface area contributed by atoms with Crippen molar-refractivity contribution in [2.24, 2.45) is 0 Å². The zero-order valence-electron chi connectivity index (χ0n) is 11.3. The number of amides is 1. The van der Waals surface area contributed by atoms with E-state index in [1.807, 2.05) is 24.3 Å². The molecule has 0 saturated carbocycles. The summed E-state index contributed by atoms with van der Waals surface area (Å²) >= 11 is 0. The van der Waals surface area contributed by atoms with E-state index in [1.54, 1.807) is 6.20 Å². The molecule has 0 aliphatic carbocycles. The second-order valence-corrected chi connectivity index (χ2v) is 4.87. The first kappa shape index (κ1) is 13.4. The molecule has 1 unspecified atom stereocenters. The van der Waals surface area contributed by atoms with Gasteiger partial charge < -0.3 is 15.0 Å². The van der Waals surface area contributed by atoms with Crippen LogP contribution in [0.5, 0.6) is 5.75 Å². The highest BCUT2D eigenvalue weighted by molar-refractivity contribution is 5.85. The molecular weight excluding hydrogens is 270 g/mol. The Hall–Kier alpha value is -2.63. The molecule has 0 radical (unpaired) electrons. The molecule has 6 heteroatoms. The summed E-state index contributed by atoms with van der Waals surface area (Å²) in [6.45, 7) is 0.872. The highest BCUT2D eigenvalue weighted by Crippen LogP contribution is 2.33. The number of nitrogens with zero attached hydrogens (tertiary/aromatic N) is 1. The van der Waals surface area contributed by atoms with Crippen LogP contribution < -0.4 is 15.7 Å². The molecule has 3 rings (SSSR count). The van der Waals surface area contributed by atoms with E-state index in [2.05, 4.69) is 15.3 Å². The molecule has 1 aliphatic heterocycles. The van der Waals surface area contributed by atoms with Crippen LogP contribution in [0.25, 0.3) is 0 Å². The topological polar surface area (TPSA) is 84.1 Å². The number of benzene rings is 1. The fraction of sp³-hybridized carbons (Fsp3) is 0.267. The lowest BCUT2D eigenvalue weighted by molar-refractivity contribution is -0.122. The van der Waals surface area contributed by atoms with E-state index in [0.29, 0.717) is 19.6 Å². The van der Waals surface area contributed by atoms with Crippen LogP contribution in [0.15, 0.2) is 41.5 Å². The minimum Gasteiger partial charge on any atom is -0.492 e. The van der Waals surface area contributed by atoms with Crippen LogP contribution in [0.4, 0.5) is 0 Å². The van der Waals surface area contributed by atoms with Crippen molar-refractivity contribution < 1.29 is 9.53 Å². The van der Waals surface area contributed by atoms with Gasteiger partial charge in [-0.05, 0) is 18.1 Å². The number of aromatic amines is 1. The van der Waals surface area contributed by atoms with E-state index in [9.17, 15) is 9.59 Å². The summed E-state index contributed by atoms with van der Waals surface area (Å²) in [4.78, 5) is 29.2. The molecule has 6 nitrogen and oxygen atoms in total. The molecule has 1 amide bonds. The number of para-hydroxylation sites is 1. The lowest BCUT2D eigenvalue weighted by atomic mass is 10.0. The van der Waals surface area contributed by atoms with Gasteiger partial charge in [0, 0.05) is 24.5 Å². The summed E-state index contributed by atoms with van der Waals surface area (Å²) in [6.07, 6.45) is 3.74. The van der Waals surface area contributed by atoms with Crippen LogP contribution in [0.3, 0.4) is 0 Å². The number of hydrogen-bond acceptors (Lipinski definition) is 4. The molecular formula is C15H15N3O3. The van der Waals surface area contributed by atoms with Crippen LogP contribution in [0.2, 0.25) is 0 Å². The number of H-pyrrole nitrogens is 1. The molecule has 0 spiro atoms. The number of ether oxygens (including phenoxy) is 1. The summed E-state index contributed by atoms with van der Waals surface area (Å²) < 4.78 is 5.50. The van der Waals surface area contributed by atoms with Crippen LogP contribution in [0.1, 0.15) is 17.0 Å². The Labute approximate surface area is 121 Å². The van der Waals surface area contributed by atoms with Gasteiger partial charge in [-0.15, -0.1) is 0 Å². The van der Waals surface area contributed by atoms with E-state index >= 15 is 0 Å². The highest BCUT2D eigenvalue weighted by Gasteiger charge is 2.29. The highest BCUT2D eigenvalue weighted by atomic mass is 16.5. The van der Waals surface area contributed by atoms with E-state index < -0.39 is 0 Å². The Balaban J connectivity index is 1.56. The first-order chi connectivity index (χ1) is 10.2. The first-order valence-electron chi connectivity index (χ1n) is 6.77. The van der Waals surface area contributed by atoms with E-state index in [0.717, 1.165) is 16.9 Å². The van der Waals surface area contributed by atoms with Crippen molar-refractivity contribution in [1.82, 2.24) is 15.3 Å². The third kappa shape index (κ3) is 2.94. The molecule has 2 aromatic rings. The van der Waals surface area contributed by atoms with Crippen molar-refractivity contribution in [3.8, 4) is 5.75 Å². The van der Waals surface area contributed by atoms with Gasteiger partial charge in [-0.2, -0.15) is 0 Å². The number of aromatic nitrogens is 2. The maximum absolute atomic E-state index is 12.2. The smallest absolute Gasteiger partial charge is 0.344 e. The van der Waals surface area contributed by atoms with Crippen LogP contribution in [-0.2, 0) is 11.2 Å². The van der Waals surface area contributed by atoms with Gasteiger partial charge in [-0.3, -0.25) is 4.79 Å². The Morgan fingerprint density at radius 3 is 3.10 bits per heavy atom. The van der Waals surface area contributed by atoms with Crippen molar-refractivity contribution in [3.63, 3.8) is 0 Å². The zero-order chi connectivity index (χ0) is 14.7. The van der Waals surface area contributed by atoms with Gasteiger partial charge >= 0.3 is 5.69 Å². The predicted octanol–water partition coefficient (Wildman–Crippen LogP) is 0.605. The quantitative estimate of drug-likeness (QED) is 0.862. The third-order valence-electron chi connectivity index (χ3n) is 3.46. The van der Waals surface area contributed by atoms with Crippen LogP contribution >= 0.6 is 0 Å². The Morgan fingerprint density at radius 1 is 1.43 bits per heavy atom. The predicted molar refractivity (Wildman–Crippen MR) is 76.2 cm³/mol. The molecule has 0 fully saturated rings. The van der Waals surface area contributed by atoms with Gasteiger partial charge in [0.2, 0.25) is 5.91 Å². The summed E-state index contributed by atoms with van der Waals surface area (Å²) in [7, 11) is 0.